The molecule has 1 aliphatic rings. The fraction of sp³-hybridized carbons (Fsp3) is 0.250. The molecule has 10 heteroatoms. The standard InChI is InChI=1S/C20H19N3O7/c1-20(12-5-4-6-13(9-12)23(27)28)18(25)22(19(26)21-20)11-16(24)15-8-7-14(29-2)10-17(15)30-3/h4-10H,11H2,1-3H3,(H,21,26). The number of nitro groups is 1. The number of nitro benzene ring substituents is 1. The molecule has 1 aliphatic heterocycles. The van der Waals surface area contributed by atoms with E-state index in [1.807, 2.05) is 0 Å². The summed E-state index contributed by atoms with van der Waals surface area (Å²) < 4.78 is 10.3. The molecule has 2 aromatic rings. The van der Waals surface area contributed by atoms with Crippen molar-refractivity contribution in [2.24, 2.45) is 0 Å². The van der Waals surface area contributed by atoms with E-state index >= 15 is 0 Å². The Morgan fingerprint density at radius 2 is 1.90 bits per heavy atom. The van der Waals surface area contributed by atoms with Crippen molar-refractivity contribution in [1.29, 1.82) is 0 Å². The highest BCUT2D eigenvalue weighted by atomic mass is 16.6. The summed E-state index contributed by atoms with van der Waals surface area (Å²) in [5.41, 5.74) is -1.32. The van der Waals surface area contributed by atoms with E-state index in [9.17, 15) is 24.5 Å². The normalized spacial score (nSPS) is 18.2. The van der Waals surface area contributed by atoms with Crippen LogP contribution in [0.15, 0.2) is 42.5 Å². The zero-order valence-corrected chi connectivity index (χ0v) is 16.5. The van der Waals surface area contributed by atoms with Gasteiger partial charge >= 0.3 is 6.03 Å². The molecule has 1 heterocycles. The first kappa shape index (κ1) is 20.8. The van der Waals surface area contributed by atoms with Gasteiger partial charge in [0.1, 0.15) is 17.0 Å². The first-order chi connectivity index (χ1) is 14.2. The maximum absolute atomic E-state index is 13.0. The summed E-state index contributed by atoms with van der Waals surface area (Å²) in [4.78, 5) is 49.5. The molecule has 0 aliphatic carbocycles. The highest BCUT2D eigenvalue weighted by Crippen LogP contribution is 2.32. The molecule has 3 rings (SSSR count). The number of imide groups is 1. The van der Waals surface area contributed by atoms with Crippen LogP contribution in [0.3, 0.4) is 0 Å². The molecule has 0 saturated carbocycles. The maximum Gasteiger partial charge on any atom is 0.325 e. The third kappa shape index (κ3) is 3.54. The van der Waals surface area contributed by atoms with E-state index in [-0.39, 0.29) is 22.6 Å². The number of rotatable bonds is 7. The van der Waals surface area contributed by atoms with E-state index in [1.54, 1.807) is 6.07 Å². The van der Waals surface area contributed by atoms with Gasteiger partial charge in [0.25, 0.3) is 11.6 Å². The molecule has 0 spiro atoms. The van der Waals surface area contributed by atoms with Crippen LogP contribution in [0.5, 0.6) is 11.5 Å². The number of carbonyl (C=O) groups is 3. The predicted octanol–water partition coefficient (Wildman–Crippen LogP) is 2.26. The molecule has 1 fully saturated rings. The Balaban J connectivity index is 1.87. The highest BCUT2D eigenvalue weighted by Gasteiger charge is 2.50. The molecule has 1 atom stereocenters. The minimum Gasteiger partial charge on any atom is -0.497 e. The first-order valence-electron chi connectivity index (χ1n) is 8.85. The lowest BCUT2D eigenvalue weighted by Crippen LogP contribution is -2.41. The summed E-state index contributed by atoms with van der Waals surface area (Å²) in [6.45, 7) is 0.919. The van der Waals surface area contributed by atoms with Crippen molar-refractivity contribution in [1.82, 2.24) is 10.2 Å². The predicted molar refractivity (Wildman–Crippen MR) is 105 cm³/mol. The van der Waals surface area contributed by atoms with Crippen LogP contribution in [-0.2, 0) is 10.3 Å². The summed E-state index contributed by atoms with van der Waals surface area (Å²) in [7, 11) is 2.86. The van der Waals surface area contributed by atoms with Gasteiger partial charge in [-0.3, -0.25) is 24.6 Å². The van der Waals surface area contributed by atoms with Crippen molar-refractivity contribution in [3.05, 3.63) is 63.7 Å². The summed E-state index contributed by atoms with van der Waals surface area (Å²) in [5.74, 6) is -0.473. The topological polar surface area (TPSA) is 128 Å². The summed E-state index contributed by atoms with van der Waals surface area (Å²) in [6.07, 6.45) is 0. The zero-order valence-electron chi connectivity index (χ0n) is 16.5. The quantitative estimate of drug-likeness (QED) is 0.319. The Hall–Kier alpha value is -3.95. The van der Waals surface area contributed by atoms with Gasteiger partial charge in [0.05, 0.1) is 31.3 Å². The monoisotopic (exact) mass is 413 g/mol. The average molecular weight is 413 g/mol. The molecular weight excluding hydrogens is 394 g/mol. The molecule has 1 unspecified atom stereocenters. The number of benzene rings is 2. The van der Waals surface area contributed by atoms with Crippen LogP contribution in [0.1, 0.15) is 22.8 Å². The number of non-ortho nitro benzene ring substituents is 1. The van der Waals surface area contributed by atoms with Crippen molar-refractivity contribution < 1.29 is 28.8 Å². The van der Waals surface area contributed by atoms with Gasteiger partial charge in [-0.25, -0.2) is 4.79 Å². The number of nitrogens with zero attached hydrogens (tertiary/aromatic N) is 2. The van der Waals surface area contributed by atoms with Gasteiger partial charge in [-0.2, -0.15) is 0 Å². The Labute approximate surface area is 171 Å². The first-order valence-corrected chi connectivity index (χ1v) is 8.85. The van der Waals surface area contributed by atoms with E-state index in [0.29, 0.717) is 5.75 Å². The number of methoxy groups -OCH3 is 2. The van der Waals surface area contributed by atoms with Crippen LogP contribution in [0.2, 0.25) is 0 Å². The number of Topliss-reactive ketones (excluding diaryl/α,β-unsaturated/α-hetero) is 1. The van der Waals surface area contributed by atoms with E-state index in [2.05, 4.69) is 5.32 Å². The molecule has 0 radical (unpaired) electrons. The van der Waals surface area contributed by atoms with Crippen molar-refractivity contribution >= 4 is 23.4 Å². The molecule has 3 amide bonds. The molecule has 1 N–H and O–H groups in total. The van der Waals surface area contributed by atoms with Crippen LogP contribution in [0.25, 0.3) is 0 Å². The Morgan fingerprint density at radius 1 is 1.17 bits per heavy atom. The van der Waals surface area contributed by atoms with E-state index < -0.39 is 34.7 Å². The number of amides is 3. The minimum atomic E-state index is -1.53. The molecule has 30 heavy (non-hydrogen) atoms. The number of urea groups is 1. The fourth-order valence-corrected chi connectivity index (χ4v) is 3.22. The van der Waals surface area contributed by atoms with Gasteiger partial charge in [-0.05, 0) is 24.6 Å². The smallest absolute Gasteiger partial charge is 0.325 e. The Morgan fingerprint density at radius 3 is 2.53 bits per heavy atom. The minimum absolute atomic E-state index is 0.183. The molecule has 10 nitrogen and oxygen atoms in total. The van der Waals surface area contributed by atoms with Gasteiger partial charge in [-0.15, -0.1) is 0 Å². The second-order valence-corrected chi connectivity index (χ2v) is 6.74. The van der Waals surface area contributed by atoms with E-state index in [0.717, 1.165) is 4.90 Å². The van der Waals surface area contributed by atoms with Crippen LogP contribution in [0.4, 0.5) is 10.5 Å². The lowest BCUT2D eigenvalue weighted by molar-refractivity contribution is -0.385. The van der Waals surface area contributed by atoms with Crippen molar-refractivity contribution in [2.45, 2.75) is 12.5 Å². The SMILES string of the molecule is COc1ccc(C(=O)CN2C(=O)NC(C)(c3cccc([N+](=O)[O-])c3)C2=O)c(OC)c1. The van der Waals surface area contributed by atoms with Gasteiger partial charge in [0.2, 0.25) is 0 Å². The van der Waals surface area contributed by atoms with E-state index in [4.69, 9.17) is 9.47 Å². The highest BCUT2D eigenvalue weighted by molar-refractivity contribution is 6.11. The van der Waals surface area contributed by atoms with Crippen LogP contribution >= 0.6 is 0 Å². The lowest BCUT2D eigenvalue weighted by atomic mass is 9.91. The van der Waals surface area contributed by atoms with Crippen molar-refractivity contribution in [3.63, 3.8) is 0 Å². The molecular formula is C20H19N3O7. The molecule has 0 aromatic heterocycles. The van der Waals surface area contributed by atoms with E-state index in [1.165, 1.54) is 57.5 Å². The third-order valence-electron chi connectivity index (χ3n) is 4.92. The maximum atomic E-state index is 13.0. The zero-order chi connectivity index (χ0) is 22.1. The Kier molecular flexibility index (Phi) is 5.41. The number of hydrogen-bond acceptors (Lipinski definition) is 7. The van der Waals surface area contributed by atoms with Gasteiger partial charge < -0.3 is 14.8 Å². The molecule has 2 aromatic carbocycles. The number of hydrogen-bond donors (Lipinski definition) is 1. The van der Waals surface area contributed by atoms with Gasteiger partial charge in [0.15, 0.2) is 5.78 Å². The van der Waals surface area contributed by atoms with Crippen LogP contribution in [-0.4, -0.2) is 48.3 Å². The van der Waals surface area contributed by atoms with Crippen LogP contribution in [0, 0.1) is 10.1 Å². The second kappa shape index (κ2) is 7.82. The number of ether oxygens (including phenoxy) is 2. The van der Waals surface area contributed by atoms with Crippen molar-refractivity contribution in [3.8, 4) is 11.5 Å². The van der Waals surface area contributed by atoms with Crippen molar-refractivity contribution in [2.75, 3.05) is 20.8 Å². The fourth-order valence-electron chi connectivity index (χ4n) is 3.22. The van der Waals surface area contributed by atoms with Gasteiger partial charge in [-0.1, -0.05) is 12.1 Å². The Bertz CT molecular complexity index is 1050. The second-order valence-electron chi connectivity index (χ2n) is 6.74. The number of ketones is 1. The number of carbonyl (C=O) groups excluding carboxylic acids is 3. The lowest BCUT2D eigenvalue weighted by Gasteiger charge is -2.22. The number of nitrogens with one attached hydrogen (secondary N) is 1. The third-order valence-corrected chi connectivity index (χ3v) is 4.92. The average Bonchev–Trinajstić information content (AvgIpc) is 2.97. The summed E-state index contributed by atoms with van der Waals surface area (Å²) >= 11 is 0. The molecule has 1 saturated heterocycles. The summed E-state index contributed by atoms with van der Waals surface area (Å²) in [6, 6.07) is 9.23. The molecule has 156 valence electrons. The largest absolute Gasteiger partial charge is 0.497 e. The van der Waals surface area contributed by atoms with Gasteiger partial charge in [0, 0.05) is 18.2 Å². The molecule has 0 bridgehead atoms. The van der Waals surface area contributed by atoms with Crippen LogP contribution < -0.4 is 14.8 Å². The summed E-state index contributed by atoms with van der Waals surface area (Å²) in [5, 5.41) is 13.6.